The number of alkyl halides is 1. The Kier molecular flexibility index (Phi) is 3.94. The van der Waals surface area contributed by atoms with Gasteiger partial charge in [0.15, 0.2) is 5.58 Å². The van der Waals surface area contributed by atoms with Crippen molar-refractivity contribution in [1.29, 1.82) is 0 Å². The highest BCUT2D eigenvalue weighted by molar-refractivity contribution is 9.10. The Bertz CT molecular complexity index is 816. The summed E-state index contributed by atoms with van der Waals surface area (Å²) in [5.74, 6) is 0.183. The molecule has 6 heteroatoms. The van der Waals surface area contributed by atoms with Gasteiger partial charge in [-0.2, -0.15) is 0 Å². The van der Waals surface area contributed by atoms with Crippen LogP contribution in [0.3, 0.4) is 0 Å². The van der Waals surface area contributed by atoms with Crippen molar-refractivity contribution in [1.82, 2.24) is 4.98 Å². The monoisotopic (exact) mass is 364 g/mol. The van der Waals surface area contributed by atoms with Crippen LogP contribution in [0.2, 0.25) is 0 Å². The van der Waals surface area contributed by atoms with Gasteiger partial charge in [0, 0.05) is 10.2 Å². The van der Waals surface area contributed by atoms with Gasteiger partial charge in [-0.25, -0.2) is 4.98 Å². The maximum atomic E-state index is 11.3. The summed E-state index contributed by atoms with van der Waals surface area (Å²) in [5, 5.41) is 2.68. The molecule has 1 N–H and O–H groups in total. The molecule has 4 nitrogen and oxygen atoms in total. The van der Waals surface area contributed by atoms with E-state index in [2.05, 4.69) is 26.2 Å². The summed E-state index contributed by atoms with van der Waals surface area (Å²) in [7, 11) is 0. The molecule has 0 saturated carbocycles. The van der Waals surface area contributed by atoms with Gasteiger partial charge >= 0.3 is 0 Å². The Labute approximate surface area is 134 Å². The molecule has 1 amide bonds. The van der Waals surface area contributed by atoms with Crippen LogP contribution >= 0.6 is 27.5 Å². The number of oxazole rings is 1. The fraction of sp³-hybridized carbons (Fsp3) is 0.0667. The van der Waals surface area contributed by atoms with Gasteiger partial charge in [0.1, 0.15) is 11.4 Å². The van der Waals surface area contributed by atoms with Gasteiger partial charge in [0.25, 0.3) is 0 Å². The molecular formula is C15H10BrClN2O2. The van der Waals surface area contributed by atoms with E-state index >= 15 is 0 Å². The minimum Gasteiger partial charge on any atom is -0.436 e. The number of nitrogens with zero attached hydrogens (tertiary/aromatic N) is 1. The van der Waals surface area contributed by atoms with E-state index < -0.39 is 0 Å². The number of halogens is 2. The van der Waals surface area contributed by atoms with Gasteiger partial charge in [-0.1, -0.05) is 12.1 Å². The Morgan fingerprint density at radius 1 is 1.29 bits per heavy atom. The first-order valence-corrected chi connectivity index (χ1v) is 7.51. The molecule has 0 atom stereocenters. The maximum Gasteiger partial charge on any atom is 0.239 e. The topological polar surface area (TPSA) is 55.1 Å². The lowest BCUT2D eigenvalue weighted by Gasteiger charge is -2.01. The molecule has 1 aromatic heterocycles. The van der Waals surface area contributed by atoms with Gasteiger partial charge in [0.2, 0.25) is 11.8 Å². The molecule has 1 heterocycles. The Morgan fingerprint density at radius 3 is 2.86 bits per heavy atom. The maximum absolute atomic E-state index is 11.3. The van der Waals surface area contributed by atoms with E-state index in [-0.39, 0.29) is 11.8 Å². The van der Waals surface area contributed by atoms with Gasteiger partial charge in [-0.15, -0.1) is 11.6 Å². The van der Waals surface area contributed by atoms with E-state index in [0.717, 1.165) is 10.0 Å². The predicted octanol–water partition coefficient (Wildman–Crippen LogP) is 4.43. The van der Waals surface area contributed by atoms with Crippen molar-refractivity contribution in [3.05, 3.63) is 46.9 Å². The average molecular weight is 366 g/mol. The molecule has 0 bridgehead atoms. The number of aromatic nitrogens is 1. The third-order valence-corrected chi connectivity index (χ3v) is 3.83. The van der Waals surface area contributed by atoms with Crippen LogP contribution in [0.25, 0.3) is 22.6 Å². The summed E-state index contributed by atoms with van der Waals surface area (Å²) in [4.78, 5) is 15.8. The van der Waals surface area contributed by atoms with Crippen LogP contribution in [0.15, 0.2) is 51.4 Å². The standard InChI is InChI=1S/C15H10BrClN2O2/c16-11-4-2-1-3-10(11)15-19-12-7-9(18-14(20)8-17)5-6-13(12)21-15/h1-7H,8H2,(H,18,20). The number of fused-ring (bicyclic) bond motifs is 1. The van der Waals surface area contributed by atoms with E-state index in [1.165, 1.54) is 0 Å². The lowest BCUT2D eigenvalue weighted by Crippen LogP contribution is -2.12. The average Bonchev–Trinajstić information content (AvgIpc) is 2.90. The number of amides is 1. The van der Waals surface area contributed by atoms with E-state index in [9.17, 15) is 4.79 Å². The van der Waals surface area contributed by atoms with Crippen LogP contribution in [0.5, 0.6) is 0 Å². The van der Waals surface area contributed by atoms with Crippen LogP contribution in [-0.4, -0.2) is 16.8 Å². The van der Waals surface area contributed by atoms with Crippen LogP contribution in [0.4, 0.5) is 5.69 Å². The number of carbonyl (C=O) groups excluding carboxylic acids is 1. The first kappa shape index (κ1) is 14.1. The molecular weight excluding hydrogens is 356 g/mol. The summed E-state index contributed by atoms with van der Waals surface area (Å²) in [5.41, 5.74) is 2.85. The summed E-state index contributed by atoms with van der Waals surface area (Å²) in [6.45, 7) is 0. The molecule has 3 aromatic rings. The van der Waals surface area contributed by atoms with Gasteiger partial charge in [-0.3, -0.25) is 4.79 Å². The third kappa shape index (κ3) is 2.94. The number of hydrogen-bond donors (Lipinski definition) is 1. The fourth-order valence-corrected chi connectivity index (χ4v) is 2.47. The summed E-state index contributed by atoms with van der Waals surface area (Å²) < 4.78 is 6.65. The van der Waals surface area contributed by atoms with Crippen LogP contribution in [0, 0.1) is 0 Å². The zero-order chi connectivity index (χ0) is 14.8. The first-order chi connectivity index (χ1) is 10.2. The van der Waals surface area contributed by atoms with E-state index in [1.54, 1.807) is 18.2 Å². The number of benzene rings is 2. The molecule has 2 aromatic carbocycles. The minimum atomic E-state index is -0.259. The van der Waals surface area contributed by atoms with Crippen LogP contribution < -0.4 is 5.32 Å². The molecule has 0 fully saturated rings. The Hall–Kier alpha value is -1.85. The highest BCUT2D eigenvalue weighted by atomic mass is 79.9. The first-order valence-electron chi connectivity index (χ1n) is 6.18. The molecule has 3 rings (SSSR count). The van der Waals surface area contributed by atoms with Crippen LogP contribution in [-0.2, 0) is 4.79 Å². The highest BCUT2D eigenvalue weighted by Crippen LogP contribution is 2.30. The van der Waals surface area contributed by atoms with E-state index in [4.69, 9.17) is 16.0 Å². The lowest BCUT2D eigenvalue weighted by molar-refractivity contribution is -0.113. The molecule has 0 aliphatic carbocycles. The number of hydrogen-bond acceptors (Lipinski definition) is 3. The van der Waals surface area contributed by atoms with Crippen molar-refractivity contribution in [2.24, 2.45) is 0 Å². The third-order valence-electron chi connectivity index (χ3n) is 2.90. The van der Waals surface area contributed by atoms with Gasteiger partial charge < -0.3 is 9.73 Å². The van der Waals surface area contributed by atoms with Crippen molar-refractivity contribution in [3.63, 3.8) is 0 Å². The quantitative estimate of drug-likeness (QED) is 0.698. The second-order valence-corrected chi connectivity index (χ2v) is 5.48. The summed E-state index contributed by atoms with van der Waals surface area (Å²) >= 11 is 8.95. The second kappa shape index (κ2) is 5.87. The van der Waals surface area contributed by atoms with Crippen molar-refractivity contribution in [2.45, 2.75) is 0 Å². The molecule has 0 spiro atoms. The van der Waals surface area contributed by atoms with Crippen molar-refractivity contribution < 1.29 is 9.21 Å². The zero-order valence-electron chi connectivity index (χ0n) is 10.8. The van der Waals surface area contributed by atoms with Gasteiger partial charge in [0.05, 0.1) is 5.56 Å². The van der Waals surface area contributed by atoms with Gasteiger partial charge in [-0.05, 0) is 46.3 Å². The second-order valence-electron chi connectivity index (χ2n) is 4.36. The fourth-order valence-electron chi connectivity index (χ4n) is 1.95. The molecule has 21 heavy (non-hydrogen) atoms. The molecule has 0 aliphatic heterocycles. The van der Waals surface area contributed by atoms with E-state index in [1.807, 2.05) is 24.3 Å². The van der Waals surface area contributed by atoms with Crippen LogP contribution in [0.1, 0.15) is 0 Å². The largest absolute Gasteiger partial charge is 0.436 e. The van der Waals surface area contributed by atoms with E-state index in [0.29, 0.717) is 22.7 Å². The minimum absolute atomic E-state index is 0.0843. The molecule has 0 unspecified atom stereocenters. The highest BCUT2D eigenvalue weighted by Gasteiger charge is 2.11. The van der Waals surface area contributed by atoms with Crippen molar-refractivity contribution in [2.75, 3.05) is 11.2 Å². The smallest absolute Gasteiger partial charge is 0.239 e. The number of nitrogens with one attached hydrogen (secondary N) is 1. The number of carbonyl (C=O) groups is 1. The zero-order valence-corrected chi connectivity index (χ0v) is 13.1. The van der Waals surface area contributed by atoms with Crippen molar-refractivity contribution in [3.8, 4) is 11.5 Å². The number of anilines is 1. The Balaban J connectivity index is 2.01. The predicted molar refractivity (Wildman–Crippen MR) is 86.5 cm³/mol. The van der Waals surface area contributed by atoms with Crippen molar-refractivity contribution >= 4 is 50.2 Å². The molecule has 0 saturated heterocycles. The Morgan fingerprint density at radius 2 is 2.10 bits per heavy atom. The summed E-state index contributed by atoms with van der Waals surface area (Å²) in [6, 6.07) is 13.0. The molecule has 0 radical (unpaired) electrons. The SMILES string of the molecule is O=C(CCl)Nc1ccc2oc(-c3ccccc3Br)nc2c1. The molecule has 0 aliphatic rings. The summed E-state index contributed by atoms with van der Waals surface area (Å²) in [6.07, 6.45) is 0. The number of rotatable bonds is 3. The lowest BCUT2D eigenvalue weighted by atomic mass is 10.2. The normalized spacial score (nSPS) is 10.8. The molecule has 106 valence electrons.